The van der Waals surface area contributed by atoms with Crippen LogP contribution in [0.15, 0.2) is 30.3 Å². The van der Waals surface area contributed by atoms with Crippen molar-refractivity contribution in [1.82, 2.24) is 9.97 Å². The molecule has 0 bridgehead atoms. The minimum absolute atomic E-state index is 0.244. The van der Waals surface area contributed by atoms with Crippen molar-refractivity contribution in [3.63, 3.8) is 0 Å². The van der Waals surface area contributed by atoms with E-state index in [4.69, 9.17) is 10.5 Å². The first-order chi connectivity index (χ1) is 10.1. The van der Waals surface area contributed by atoms with Gasteiger partial charge in [-0.1, -0.05) is 12.1 Å². The van der Waals surface area contributed by atoms with Gasteiger partial charge >= 0.3 is 0 Å². The maximum atomic E-state index is 12.9. The van der Waals surface area contributed by atoms with Gasteiger partial charge in [-0.05, 0) is 24.6 Å². The Balaban J connectivity index is 2.12. The van der Waals surface area contributed by atoms with Gasteiger partial charge in [-0.2, -0.15) is 0 Å². The Hall–Kier alpha value is -2.21. The molecular weight excluding hydrogens is 271 g/mol. The van der Waals surface area contributed by atoms with Crippen LogP contribution in [0.1, 0.15) is 18.3 Å². The molecule has 2 aromatic rings. The number of ether oxygens (including phenoxy) is 1. The lowest BCUT2D eigenvalue weighted by molar-refractivity contribution is 0.128. The standard InChI is InChI=1S/C15H19FN4O/c1-3-21-10-14-18-13(17)8-15(19-14)20(2)9-11-4-6-12(16)7-5-11/h4-8H,3,9-10H2,1-2H3,(H2,17,18,19). The summed E-state index contributed by atoms with van der Waals surface area (Å²) in [5, 5.41) is 0. The molecule has 5 nitrogen and oxygen atoms in total. The Labute approximate surface area is 123 Å². The second-order valence-corrected chi connectivity index (χ2v) is 4.69. The van der Waals surface area contributed by atoms with E-state index in [9.17, 15) is 4.39 Å². The number of anilines is 2. The molecule has 2 rings (SSSR count). The van der Waals surface area contributed by atoms with Crippen molar-refractivity contribution < 1.29 is 9.13 Å². The zero-order chi connectivity index (χ0) is 15.2. The van der Waals surface area contributed by atoms with Gasteiger partial charge < -0.3 is 15.4 Å². The normalized spacial score (nSPS) is 10.6. The van der Waals surface area contributed by atoms with Crippen molar-refractivity contribution in [3.05, 3.63) is 47.5 Å². The molecule has 0 atom stereocenters. The van der Waals surface area contributed by atoms with Crippen LogP contribution < -0.4 is 10.6 Å². The zero-order valence-corrected chi connectivity index (χ0v) is 12.2. The predicted octanol–water partition coefficient (Wildman–Crippen LogP) is 2.37. The number of hydrogen-bond donors (Lipinski definition) is 1. The third-order valence-corrected chi connectivity index (χ3v) is 2.94. The summed E-state index contributed by atoms with van der Waals surface area (Å²) in [5.41, 5.74) is 6.79. The van der Waals surface area contributed by atoms with Gasteiger partial charge in [0.15, 0.2) is 5.82 Å². The van der Waals surface area contributed by atoms with Crippen LogP contribution in [-0.2, 0) is 17.9 Å². The number of aromatic nitrogens is 2. The molecule has 0 aliphatic carbocycles. The second kappa shape index (κ2) is 6.99. The van der Waals surface area contributed by atoms with Crippen LogP contribution in [0.3, 0.4) is 0 Å². The van der Waals surface area contributed by atoms with Crippen molar-refractivity contribution >= 4 is 11.6 Å². The van der Waals surface area contributed by atoms with Gasteiger partial charge in [-0.3, -0.25) is 0 Å². The van der Waals surface area contributed by atoms with Crippen molar-refractivity contribution in [2.75, 3.05) is 24.3 Å². The third kappa shape index (κ3) is 4.39. The fourth-order valence-corrected chi connectivity index (χ4v) is 1.90. The average molecular weight is 290 g/mol. The Morgan fingerprint density at radius 1 is 1.24 bits per heavy atom. The highest BCUT2D eigenvalue weighted by Gasteiger charge is 2.08. The summed E-state index contributed by atoms with van der Waals surface area (Å²) >= 11 is 0. The summed E-state index contributed by atoms with van der Waals surface area (Å²) in [6, 6.07) is 8.09. The van der Waals surface area contributed by atoms with Gasteiger partial charge in [0.1, 0.15) is 24.1 Å². The summed E-state index contributed by atoms with van der Waals surface area (Å²) in [6.07, 6.45) is 0. The number of nitrogens with zero attached hydrogens (tertiary/aromatic N) is 3. The molecule has 0 saturated heterocycles. The number of hydrogen-bond acceptors (Lipinski definition) is 5. The van der Waals surface area contributed by atoms with E-state index in [1.807, 2.05) is 18.9 Å². The summed E-state index contributed by atoms with van der Waals surface area (Å²) in [6.45, 7) is 3.44. The Morgan fingerprint density at radius 3 is 2.62 bits per heavy atom. The number of nitrogen functional groups attached to an aromatic ring is 1. The summed E-state index contributed by atoms with van der Waals surface area (Å²) in [5.74, 6) is 1.42. The second-order valence-electron chi connectivity index (χ2n) is 4.69. The first kappa shape index (κ1) is 15.2. The molecule has 112 valence electrons. The van der Waals surface area contributed by atoms with Gasteiger partial charge in [0.05, 0.1) is 0 Å². The topological polar surface area (TPSA) is 64.3 Å². The largest absolute Gasteiger partial charge is 0.384 e. The van der Waals surface area contributed by atoms with Gasteiger partial charge in [0.2, 0.25) is 0 Å². The summed E-state index contributed by atoms with van der Waals surface area (Å²) < 4.78 is 18.2. The minimum Gasteiger partial charge on any atom is -0.384 e. The minimum atomic E-state index is -0.244. The molecule has 21 heavy (non-hydrogen) atoms. The highest BCUT2D eigenvalue weighted by Crippen LogP contribution is 2.16. The van der Waals surface area contributed by atoms with Crippen LogP contribution >= 0.6 is 0 Å². The molecular formula is C15H19FN4O. The fraction of sp³-hybridized carbons (Fsp3) is 0.333. The third-order valence-electron chi connectivity index (χ3n) is 2.94. The molecule has 1 aromatic carbocycles. The Bertz CT molecular complexity index is 589. The highest BCUT2D eigenvalue weighted by atomic mass is 19.1. The lowest BCUT2D eigenvalue weighted by atomic mass is 10.2. The summed E-state index contributed by atoms with van der Waals surface area (Å²) in [4.78, 5) is 10.5. The summed E-state index contributed by atoms with van der Waals surface area (Å²) in [7, 11) is 1.90. The molecule has 0 spiro atoms. The molecule has 0 amide bonds. The molecule has 0 saturated carbocycles. The highest BCUT2D eigenvalue weighted by molar-refractivity contribution is 5.46. The van der Waals surface area contributed by atoms with Crippen molar-refractivity contribution in [2.24, 2.45) is 0 Å². The fourth-order valence-electron chi connectivity index (χ4n) is 1.90. The van der Waals surface area contributed by atoms with Crippen LogP contribution in [-0.4, -0.2) is 23.6 Å². The Morgan fingerprint density at radius 2 is 1.95 bits per heavy atom. The Kier molecular flexibility index (Phi) is 5.05. The SMILES string of the molecule is CCOCc1nc(N)cc(N(C)Cc2ccc(F)cc2)n1. The van der Waals surface area contributed by atoms with Crippen molar-refractivity contribution in [1.29, 1.82) is 0 Å². The smallest absolute Gasteiger partial charge is 0.158 e. The van der Waals surface area contributed by atoms with E-state index < -0.39 is 0 Å². The maximum Gasteiger partial charge on any atom is 0.158 e. The van der Waals surface area contributed by atoms with Gasteiger partial charge in [-0.15, -0.1) is 0 Å². The molecule has 0 fully saturated rings. The van der Waals surface area contributed by atoms with E-state index in [-0.39, 0.29) is 5.82 Å². The van der Waals surface area contributed by atoms with Crippen LogP contribution in [0.4, 0.5) is 16.0 Å². The van der Waals surface area contributed by atoms with E-state index in [2.05, 4.69) is 9.97 Å². The first-order valence-corrected chi connectivity index (χ1v) is 6.75. The van der Waals surface area contributed by atoms with Crippen molar-refractivity contribution in [3.8, 4) is 0 Å². The molecule has 0 aliphatic heterocycles. The quantitative estimate of drug-likeness (QED) is 0.885. The van der Waals surface area contributed by atoms with Gasteiger partial charge in [-0.25, -0.2) is 14.4 Å². The maximum absolute atomic E-state index is 12.9. The van der Waals surface area contributed by atoms with E-state index in [0.29, 0.717) is 37.2 Å². The number of halogens is 1. The van der Waals surface area contributed by atoms with Gasteiger partial charge in [0.25, 0.3) is 0 Å². The van der Waals surface area contributed by atoms with Crippen LogP contribution in [0.2, 0.25) is 0 Å². The van der Waals surface area contributed by atoms with Crippen LogP contribution in [0.5, 0.6) is 0 Å². The monoisotopic (exact) mass is 290 g/mol. The molecule has 1 heterocycles. The molecule has 0 radical (unpaired) electrons. The number of rotatable bonds is 6. The van der Waals surface area contributed by atoms with E-state index >= 15 is 0 Å². The van der Waals surface area contributed by atoms with E-state index in [0.717, 1.165) is 5.56 Å². The molecule has 1 aromatic heterocycles. The van der Waals surface area contributed by atoms with Crippen molar-refractivity contribution in [2.45, 2.75) is 20.1 Å². The molecule has 0 unspecified atom stereocenters. The van der Waals surface area contributed by atoms with E-state index in [1.165, 1.54) is 12.1 Å². The molecule has 6 heteroatoms. The van der Waals surface area contributed by atoms with Crippen LogP contribution in [0, 0.1) is 5.82 Å². The first-order valence-electron chi connectivity index (χ1n) is 6.75. The lowest BCUT2D eigenvalue weighted by Crippen LogP contribution is -2.19. The number of nitrogens with two attached hydrogens (primary N) is 1. The molecule has 0 aliphatic rings. The zero-order valence-electron chi connectivity index (χ0n) is 12.2. The van der Waals surface area contributed by atoms with E-state index in [1.54, 1.807) is 18.2 Å². The number of benzene rings is 1. The lowest BCUT2D eigenvalue weighted by Gasteiger charge is -2.19. The predicted molar refractivity (Wildman–Crippen MR) is 80.3 cm³/mol. The van der Waals surface area contributed by atoms with Crippen LogP contribution in [0.25, 0.3) is 0 Å². The van der Waals surface area contributed by atoms with Gasteiger partial charge in [0, 0.05) is 26.3 Å². The molecule has 2 N–H and O–H groups in total. The average Bonchev–Trinajstić information content (AvgIpc) is 2.47.